The summed E-state index contributed by atoms with van der Waals surface area (Å²) in [5.41, 5.74) is 0.588. The van der Waals surface area contributed by atoms with E-state index in [2.05, 4.69) is 20.8 Å². The van der Waals surface area contributed by atoms with Gasteiger partial charge in [0.05, 0.1) is 16.7 Å². The molecule has 0 spiro atoms. The zero-order valence-corrected chi connectivity index (χ0v) is 16.4. The van der Waals surface area contributed by atoms with Gasteiger partial charge < -0.3 is 14.5 Å². The van der Waals surface area contributed by atoms with Gasteiger partial charge in [-0.25, -0.2) is 0 Å². The fourth-order valence-corrected chi connectivity index (χ4v) is 4.30. The highest BCUT2D eigenvalue weighted by Gasteiger charge is 2.30. The van der Waals surface area contributed by atoms with Crippen LogP contribution in [0.4, 0.5) is 0 Å². The van der Waals surface area contributed by atoms with Gasteiger partial charge in [-0.05, 0) is 43.9 Å². The lowest BCUT2D eigenvalue weighted by Crippen LogP contribution is -2.49. The van der Waals surface area contributed by atoms with Crippen molar-refractivity contribution >= 4 is 33.4 Å². The molecule has 2 heterocycles. The van der Waals surface area contributed by atoms with Crippen molar-refractivity contribution in [1.82, 2.24) is 9.80 Å². The van der Waals surface area contributed by atoms with Crippen LogP contribution in [-0.4, -0.2) is 61.1 Å². The molecule has 2 saturated heterocycles. The number of hydrogen-bond acceptors (Lipinski definition) is 3. The number of piperidine rings is 2. The maximum absolute atomic E-state index is 12.7. The molecule has 0 aliphatic carbocycles. The highest BCUT2D eigenvalue weighted by Crippen LogP contribution is 2.26. The van der Waals surface area contributed by atoms with Crippen molar-refractivity contribution in [3.8, 4) is 0 Å². The van der Waals surface area contributed by atoms with E-state index in [0.29, 0.717) is 22.7 Å². The van der Waals surface area contributed by atoms with Crippen LogP contribution in [0.1, 0.15) is 36.0 Å². The Morgan fingerprint density at radius 2 is 1.83 bits per heavy atom. The van der Waals surface area contributed by atoms with Crippen LogP contribution in [0.3, 0.4) is 0 Å². The van der Waals surface area contributed by atoms with Gasteiger partial charge in [0, 0.05) is 43.8 Å². The number of amides is 1. The van der Waals surface area contributed by atoms with Crippen molar-refractivity contribution in [1.29, 1.82) is 0 Å². The minimum absolute atomic E-state index is 0.0397. The zero-order valence-electron chi connectivity index (χ0n) is 14.0. The Bertz CT molecular complexity index is 582. The Hall–Kier alpha value is -0.620. The number of benzene rings is 1. The molecule has 0 N–H and O–H groups in total. The zero-order chi connectivity index (χ0) is 17.1. The third-order valence-corrected chi connectivity index (χ3v) is 6.06. The lowest BCUT2D eigenvalue weighted by Gasteiger charge is -2.41. The van der Waals surface area contributed by atoms with E-state index >= 15 is 0 Å². The molecular weight excluding hydrogens is 392 g/mol. The van der Waals surface area contributed by atoms with Gasteiger partial charge in [-0.2, -0.15) is 0 Å². The van der Waals surface area contributed by atoms with Crippen molar-refractivity contribution in [2.75, 3.05) is 33.3 Å². The number of methoxy groups -OCH3 is 1. The Labute approximate surface area is 157 Å². The molecule has 3 rings (SSSR count). The second-order valence-corrected chi connectivity index (χ2v) is 7.94. The molecule has 1 aromatic rings. The van der Waals surface area contributed by atoms with Crippen molar-refractivity contribution < 1.29 is 9.53 Å². The molecule has 2 aliphatic rings. The molecule has 0 aromatic heterocycles. The number of carbonyl (C=O) groups excluding carboxylic acids is 1. The summed E-state index contributed by atoms with van der Waals surface area (Å²) in [7, 11) is 1.80. The number of carbonyl (C=O) groups is 1. The quantitative estimate of drug-likeness (QED) is 0.752. The molecule has 2 fully saturated rings. The molecular formula is C18H24BrClN2O2. The first kappa shape index (κ1) is 18.2. The predicted octanol–water partition coefficient (Wildman–Crippen LogP) is 3.82. The lowest BCUT2D eigenvalue weighted by molar-refractivity contribution is 0.0145. The predicted molar refractivity (Wildman–Crippen MR) is 99.7 cm³/mol. The smallest absolute Gasteiger partial charge is 0.255 e. The summed E-state index contributed by atoms with van der Waals surface area (Å²) in [5, 5.41) is 0.520. The number of hydrogen-bond donors (Lipinski definition) is 0. The van der Waals surface area contributed by atoms with E-state index in [1.165, 1.54) is 0 Å². The minimum Gasteiger partial charge on any atom is -0.381 e. The number of likely N-dealkylation sites (tertiary alicyclic amines) is 2. The van der Waals surface area contributed by atoms with Gasteiger partial charge in [-0.3, -0.25) is 4.79 Å². The molecule has 1 aromatic carbocycles. The molecule has 0 atom stereocenters. The van der Waals surface area contributed by atoms with Crippen LogP contribution in [0.15, 0.2) is 22.7 Å². The first-order valence-corrected chi connectivity index (χ1v) is 9.76. The van der Waals surface area contributed by atoms with Gasteiger partial charge in [0.25, 0.3) is 5.91 Å². The summed E-state index contributed by atoms with van der Waals surface area (Å²) >= 11 is 9.61. The summed E-state index contributed by atoms with van der Waals surface area (Å²) < 4.78 is 6.33. The molecule has 1 amide bonds. The minimum atomic E-state index is 0.0397. The van der Waals surface area contributed by atoms with Gasteiger partial charge in [-0.15, -0.1) is 0 Å². The average molecular weight is 416 g/mol. The van der Waals surface area contributed by atoms with Crippen molar-refractivity contribution in [2.24, 2.45) is 0 Å². The molecule has 0 unspecified atom stereocenters. The third-order valence-electron chi connectivity index (χ3n) is 5.24. The largest absolute Gasteiger partial charge is 0.381 e. The molecule has 4 nitrogen and oxygen atoms in total. The highest BCUT2D eigenvalue weighted by atomic mass is 79.9. The van der Waals surface area contributed by atoms with Gasteiger partial charge in [0.1, 0.15) is 0 Å². The summed E-state index contributed by atoms with van der Waals surface area (Å²) in [5.74, 6) is 0.0397. The van der Waals surface area contributed by atoms with Crippen molar-refractivity contribution in [2.45, 2.75) is 37.8 Å². The van der Waals surface area contributed by atoms with Crippen LogP contribution in [0.25, 0.3) is 0 Å². The Balaban J connectivity index is 1.55. The van der Waals surface area contributed by atoms with E-state index in [1.54, 1.807) is 13.2 Å². The molecule has 6 heteroatoms. The first-order valence-electron chi connectivity index (χ1n) is 8.59. The van der Waals surface area contributed by atoms with Gasteiger partial charge >= 0.3 is 0 Å². The normalized spacial score (nSPS) is 21.2. The van der Waals surface area contributed by atoms with Crippen molar-refractivity contribution in [3.63, 3.8) is 0 Å². The molecule has 0 bridgehead atoms. The molecule has 24 heavy (non-hydrogen) atoms. The summed E-state index contributed by atoms with van der Waals surface area (Å²) in [6.45, 7) is 3.82. The van der Waals surface area contributed by atoms with Crippen LogP contribution in [0.2, 0.25) is 5.02 Å². The fraction of sp³-hybridized carbons (Fsp3) is 0.611. The van der Waals surface area contributed by atoms with E-state index < -0.39 is 0 Å². The lowest BCUT2D eigenvalue weighted by atomic mass is 9.98. The fourth-order valence-electron chi connectivity index (χ4n) is 3.74. The second-order valence-electron chi connectivity index (χ2n) is 6.62. The Morgan fingerprint density at radius 3 is 2.46 bits per heavy atom. The van der Waals surface area contributed by atoms with Crippen molar-refractivity contribution in [3.05, 3.63) is 33.3 Å². The Morgan fingerprint density at radius 1 is 1.17 bits per heavy atom. The van der Waals surface area contributed by atoms with Crippen LogP contribution in [0, 0.1) is 0 Å². The number of nitrogens with zero attached hydrogens (tertiary/aromatic N) is 2. The summed E-state index contributed by atoms with van der Waals surface area (Å²) in [6.07, 6.45) is 4.72. The van der Waals surface area contributed by atoms with Crippen LogP contribution in [-0.2, 0) is 4.74 Å². The highest BCUT2D eigenvalue weighted by molar-refractivity contribution is 9.10. The van der Waals surface area contributed by atoms with E-state index in [4.69, 9.17) is 16.3 Å². The molecule has 0 saturated carbocycles. The van der Waals surface area contributed by atoms with Gasteiger partial charge in [-0.1, -0.05) is 27.5 Å². The number of rotatable bonds is 3. The van der Waals surface area contributed by atoms with E-state index in [-0.39, 0.29) is 5.91 Å². The standard InChI is InChI=1S/C18H24BrClN2O2/c1-24-15-6-10-21(11-7-15)14-4-8-22(9-5-14)18(23)16-12-13(19)2-3-17(16)20/h2-3,12,14-15H,4-11H2,1H3. The number of ether oxygens (including phenoxy) is 1. The van der Waals surface area contributed by atoms with Gasteiger partial charge in [0.15, 0.2) is 0 Å². The van der Waals surface area contributed by atoms with Crippen LogP contribution < -0.4 is 0 Å². The maximum atomic E-state index is 12.7. The van der Waals surface area contributed by atoms with E-state index in [0.717, 1.165) is 56.3 Å². The number of halogens is 2. The molecule has 0 radical (unpaired) electrons. The maximum Gasteiger partial charge on any atom is 0.255 e. The van der Waals surface area contributed by atoms with Crippen LogP contribution >= 0.6 is 27.5 Å². The second kappa shape index (κ2) is 8.17. The van der Waals surface area contributed by atoms with Gasteiger partial charge in [0.2, 0.25) is 0 Å². The Kier molecular flexibility index (Phi) is 6.19. The van der Waals surface area contributed by atoms with E-state index in [1.807, 2.05) is 17.0 Å². The van der Waals surface area contributed by atoms with Crippen LogP contribution in [0.5, 0.6) is 0 Å². The first-order chi connectivity index (χ1) is 11.6. The SMILES string of the molecule is COC1CCN(C2CCN(C(=O)c3cc(Br)ccc3Cl)CC2)CC1. The topological polar surface area (TPSA) is 32.8 Å². The monoisotopic (exact) mass is 414 g/mol. The van der Waals surface area contributed by atoms with E-state index in [9.17, 15) is 4.79 Å². The average Bonchev–Trinajstić information content (AvgIpc) is 2.63. The molecule has 2 aliphatic heterocycles. The molecule has 132 valence electrons. The summed E-state index contributed by atoms with van der Waals surface area (Å²) in [6, 6.07) is 6.03. The summed E-state index contributed by atoms with van der Waals surface area (Å²) in [4.78, 5) is 17.2. The third kappa shape index (κ3) is 4.13.